The fourth-order valence-electron chi connectivity index (χ4n) is 3.94. The van der Waals surface area contributed by atoms with Crippen LogP contribution in [0.3, 0.4) is 0 Å². The van der Waals surface area contributed by atoms with E-state index in [1.165, 1.54) is 4.90 Å². The zero-order valence-corrected chi connectivity index (χ0v) is 14.5. The molecule has 2 aliphatic rings. The Kier molecular flexibility index (Phi) is 4.26. The van der Waals surface area contributed by atoms with Crippen LogP contribution in [0, 0.1) is 5.92 Å². The number of hydroxylamine groups is 2. The van der Waals surface area contributed by atoms with E-state index in [2.05, 4.69) is 4.98 Å². The number of rotatable bonds is 4. The summed E-state index contributed by atoms with van der Waals surface area (Å²) in [4.78, 5) is 23.6. The van der Waals surface area contributed by atoms with Crippen molar-refractivity contribution < 1.29 is 19.5 Å². The first kappa shape index (κ1) is 16.8. The highest BCUT2D eigenvalue weighted by Gasteiger charge is 2.58. The Morgan fingerprint density at radius 3 is 2.81 bits per heavy atom. The smallest absolute Gasteiger partial charge is 0.407 e. The van der Waals surface area contributed by atoms with E-state index in [4.69, 9.17) is 9.57 Å². The lowest BCUT2D eigenvalue weighted by Crippen LogP contribution is -2.47. The van der Waals surface area contributed by atoms with Crippen molar-refractivity contribution in [2.45, 2.75) is 12.1 Å². The minimum absolute atomic E-state index is 0.0479. The molecule has 3 heterocycles. The van der Waals surface area contributed by atoms with Gasteiger partial charge in [0.2, 0.25) is 0 Å². The fraction of sp³-hybridized carbons (Fsp3) is 0.368. The van der Waals surface area contributed by atoms with Crippen molar-refractivity contribution in [1.29, 1.82) is 0 Å². The molecule has 26 heavy (non-hydrogen) atoms. The molecule has 0 aliphatic carbocycles. The van der Waals surface area contributed by atoms with E-state index < -0.39 is 11.6 Å². The van der Waals surface area contributed by atoms with Gasteiger partial charge in [-0.15, -0.1) is 0 Å². The Morgan fingerprint density at radius 2 is 2.15 bits per heavy atom. The molecule has 0 saturated carbocycles. The van der Waals surface area contributed by atoms with Gasteiger partial charge in [0, 0.05) is 18.7 Å². The lowest BCUT2D eigenvalue weighted by atomic mass is 9.84. The SMILES string of the molecule is COc1ccc(CN2OCC3CN(C(=O)O)CC32c2ccccn2)cc1. The van der Waals surface area contributed by atoms with Gasteiger partial charge in [0.1, 0.15) is 11.3 Å². The number of pyridine rings is 1. The van der Waals surface area contributed by atoms with Crippen molar-refractivity contribution in [3.8, 4) is 5.75 Å². The van der Waals surface area contributed by atoms with Crippen LogP contribution in [0.25, 0.3) is 0 Å². The van der Waals surface area contributed by atoms with Crippen molar-refractivity contribution >= 4 is 6.09 Å². The van der Waals surface area contributed by atoms with Crippen molar-refractivity contribution in [2.75, 3.05) is 26.8 Å². The van der Waals surface area contributed by atoms with E-state index in [-0.39, 0.29) is 5.92 Å². The van der Waals surface area contributed by atoms with E-state index in [1.807, 2.05) is 47.5 Å². The predicted octanol–water partition coefficient (Wildman–Crippen LogP) is 2.34. The third-order valence-electron chi connectivity index (χ3n) is 5.29. The van der Waals surface area contributed by atoms with E-state index in [9.17, 15) is 9.90 Å². The number of amides is 1. The topological polar surface area (TPSA) is 75.1 Å². The average molecular weight is 355 g/mol. The second-order valence-electron chi connectivity index (χ2n) is 6.68. The van der Waals surface area contributed by atoms with Gasteiger partial charge in [-0.2, -0.15) is 5.06 Å². The first-order chi connectivity index (χ1) is 12.6. The standard InChI is InChI=1S/C19H21N3O4/c1-25-16-7-5-14(6-8-16)10-22-19(17-4-2-3-9-20-17)13-21(18(23)24)11-15(19)12-26-22/h2-9,15H,10-13H2,1H3,(H,23,24). The van der Waals surface area contributed by atoms with Crippen LogP contribution in [-0.2, 0) is 16.9 Å². The summed E-state index contributed by atoms with van der Waals surface area (Å²) >= 11 is 0. The molecule has 7 nitrogen and oxygen atoms in total. The largest absolute Gasteiger partial charge is 0.497 e. The second-order valence-corrected chi connectivity index (χ2v) is 6.68. The van der Waals surface area contributed by atoms with Gasteiger partial charge >= 0.3 is 6.09 Å². The van der Waals surface area contributed by atoms with Crippen LogP contribution in [0.15, 0.2) is 48.7 Å². The summed E-state index contributed by atoms with van der Waals surface area (Å²) < 4.78 is 5.21. The predicted molar refractivity (Wildman–Crippen MR) is 93.5 cm³/mol. The third-order valence-corrected chi connectivity index (χ3v) is 5.29. The van der Waals surface area contributed by atoms with Crippen LogP contribution in [0.2, 0.25) is 0 Å². The monoisotopic (exact) mass is 355 g/mol. The number of hydrogen-bond donors (Lipinski definition) is 1. The van der Waals surface area contributed by atoms with Crippen LogP contribution < -0.4 is 4.74 Å². The highest BCUT2D eigenvalue weighted by Crippen LogP contribution is 2.47. The van der Waals surface area contributed by atoms with Gasteiger partial charge in [-0.25, -0.2) is 4.79 Å². The summed E-state index contributed by atoms with van der Waals surface area (Å²) in [6.07, 6.45) is 0.841. The molecule has 136 valence electrons. The highest BCUT2D eigenvalue weighted by atomic mass is 16.7. The first-order valence-electron chi connectivity index (χ1n) is 8.56. The lowest BCUT2D eigenvalue weighted by molar-refractivity contribution is -0.177. The Labute approximate surface area is 151 Å². The maximum Gasteiger partial charge on any atom is 0.407 e. The molecule has 2 aromatic rings. The van der Waals surface area contributed by atoms with Crippen LogP contribution in [-0.4, -0.2) is 53.0 Å². The Balaban J connectivity index is 1.68. The van der Waals surface area contributed by atoms with Gasteiger partial charge in [-0.1, -0.05) is 18.2 Å². The highest BCUT2D eigenvalue weighted by molar-refractivity contribution is 5.66. The van der Waals surface area contributed by atoms with E-state index in [0.717, 1.165) is 17.0 Å². The molecule has 0 bridgehead atoms. The number of carboxylic acid groups (broad SMARTS) is 1. The van der Waals surface area contributed by atoms with Crippen LogP contribution in [0.1, 0.15) is 11.3 Å². The average Bonchev–Trinajstić information content (AvgIpc) is 3.21. The molecule has 1 aromatic carbocycles. The minimum atomic E-state index is -0.904. The molecule has 2 saturated heterocycles. The number of methoxy groups -OCH3 is 1. The maximum atomic E-state index is 11.6. The summed E-state index contributed by atoms with van der Waals surface area (Å²) in [5.74, 6) is 0.845. The van der Waals surface area contributed by atoms with Gasteiger partial charge in [0.05, 0.1) is 32.5 Å². The Morgan fingerprint density at radius 1 is 1.35 bits per heavy atom. The lowest BCUT2D eigenvalue weighted by Gasteiger charge is -2.35. The maximum absolute atomic E-state index is 11.6. The second kappa shape index (κ2) is 6.59. The molecule has 7 heteroatoms. The van der Waals surface area contributed by atoms with E-state index in [1.54, 1.807) is 13.3 Å². The molecular weight excluding hydrogens is 334 g/mol. The molecule has 2 aliphatic heterocycles. The third kappa shape index (κ3) is 2.69. The number of hydrogen-bond acceptors (Lipinski definition) is 5. The van der Waals surface area contributed by atoms with Gasteiger partial charge in [0.25, 0.3) is 0 Å². The van der Waals surface area contributed by atoms with Crippen molar-refractivity contribution in [3.05, 3.63) is 59.9 Å². The molecule has 2 unspecified atom stereocenters. The number of fused-ring (bicyclic) bond motifs is 1. The van der Waals surface area contributed by atoms with Gasteiger partial charge in [-0.05, 0) is 29.8 Å². The van der Waals surface area contributed by atoms with Crippen LogP contribution >= 0.6 is 0 Å². The molecule has 2 fully saturated rings. The van der Waals surface area contributed by atoms with Crippen molar-refractivity contribution in [2.24, 2.45) is 5.92 Å². The van der Waals surface area contributed by atoms with Crippen LogP contribution in [0.4, 0.5) is 4.79 Å². The molecule has 1 N–H and O–H groups in total. The summed E-state index contributed by atoms with van der Waals surface area (Å²) in [5, 5.41) is 11.4. The molecule has 1 amide bonds. The quantitative estimate of drug-likeness (QED) is 0.907. The molecule has 2 atom stereocenters. The van der Waals surface area contributed by atoms with Crippen molar-refractivity contribution in [3.63, 3.8) is 0 Å². The summed E-state index contributed by atoms with van der Waals surface area (Å²) in [7, 11) is 1.64. The van der Waals surface area contributed by atoms with Gasteiger partial charge in [0.15, 0.2) is 0 Å². The summed E-state index contributed by atoms with van der Waals surface area (Å²) in [6, 6.07) is 13.6. The molecule has 0 radical (unpaired) electrons. The van der Waals surface area contributed by atoms with Crippen molar-refractivity contribution in [1.82, 2.24) is 14.9 Å². The van der Waals surface area contributed by atoms with Crippen LogP contribution in [0.5, 0.6) is 5.75 Å². The van der Waals surface area contributed by atoms with E-state index >= 15 is 0 Å². The van der Waals surface area contributed by atoms with E-state index in [0.29, 0.717) is 26.2 Å². The normalized spacial score (nSPS) is 25.3. The number of carbonyl (C=O) groups is 1. The first-order valence-corrected chi connectivity index (χ1v) is 8.56. The number of nitrogens with zero attached hydrogens (tertiary/aromatic N) is 3. The molecule has 1 aromatic heterocycles. The molecule has 0 spiro atoms. The number of likely N-dealkylation sites (tertiary alicyclic amines) is 1. The number of ether oxygens (including phenoxy) is 1. The summed E-state index contributed by atoms with van der Waals surface area (Å²) in [5.41, 5.74) is 1.34. The van der Waals surface area contributed by atoms with Gasteiger partial charge < -0.3 is 14.7 Å². The molecule has 4 rings (SSSR count). The number of aromatic nitrogens is 1. The fourth-order valence-corrected chi connectivity index (χ4v) is 3.94. The Hall–Kier alpha value is -2.64. The number of benzene rings is 1. The Bertz CT molecular complexity index is 783. The summed E-state index contributed by atoms with van der Waals surface area (Å²) in [6.45, 7) is 1.83. The minimum Gasteiger partial charge on any atom is -0.497 e. The van der Waals surface area contributed by atoms with Gasteiger partial charge in [-0.3, -0.25) is 9.82 Å². The zero-order valence-electron chi connectivity index (χ0n) is 14.5. The molecular formula is C19H21N3O4. The zero-order chi connectivity index (χ0) is 18.1.